The Labute approximate surface area is 355 Å². The normalized spacial score (nSPS) is 17.8. The van der Waals surface area contributed by atoms with Crippen molar-refractivity contribution in [3.63, 3.8) is 0 Å². The van der Waals surface area contributed by atoms with Crippen molar-refractivity contribution in [1.29, 1.82) is 5.41 Å². The van der Waals surface area contributed by atoms with Gasteiger partial charge in [-0.2, -0.15) is 0 Å². The molecule has 0 bridgehead atoms. The first-order chi connectivity index (χ1) is 28.4. The van der Waals surface area contributed by atoms with E-state index in [2.05, 4.69) is 16.0 Å². The van der Waals surface area contributed by atoms with Crippen LogP contribution in [0.5, 0.6) is 0 Å². The van der Waals surface area contributed by atoms with Gasteiger partial charge in [-0.05, 0) is 89.7 Å². The van der Waals surface area contributed by atoms with E-state index < -0.39 is 59.6 Å². The van der Waals surface area contributed by atoms with Gasteiger partial charge in [0.15, 0.2) is 12.4 Å². The summed E-state index contributed by atoms with van der Waals surface area (Å²) < 4.78 is 1.84. The van der Waals surface area contributed by atoms with Crippen LogP contribution < -0.4 is 32.0 Å². The predicted octanol–water partition coefficient (Wildman–Crippen LogP) is 2.40. The number of amides is 6. The molecule has 1 saturated heterocycles. The van der Waals surface area contributed by atoms with Crippen molar-refractivity contribution in [3.05, 3.63) is 65.5 Å². The minimum Gasteiger partial charge on any atom is -0.384 e. The number of aromatic nitrogens is 1. The number of rotatable bonds is 19. The minimum atomic E-state index is -1.18. The molecule has 1 saturated carbocycles. The molecule has 6 amide bonds. The number of aryl methyl sites for hydroxylation is 1. The van der Waals surface area contributed by atoms with Crippen molar-refractivity contribution < 1.29 is 33.3 Å². The Morgan fingerprint density at radius 1 is 0.783 bits per heavy atom. The highest BCUT2D eigenvalue weighted by Crippen LogP contribution is 2.28. The van der Waals surface area contributed by atoms with Crippen molar-refractivity contribution in [2.24, 2.45) is 36.3 Å². The maximum Gasteiger partial charge on any atom is 0.245 e. The number of nitrogen functional groups attached to an aromatic ring is 1. The number of hydrogen-bond donors (Lipinski definition) is 6. The summed E-state index contributed by atoms with van der Waals surface area (Å²) in [6.07, 6.45) is 9.23. The maximum atomic E-state index is 14.7. The topological polar surface area (TPSA) is 225 Å². The number of nitrogens with one attached hydrogen (secondary N) is 4. The van der Waals surface area contributed by atoms with Gasteiger partial charge in [-0.1, -0.05) is 57.4 Å². The molecule has 2 unspecified atom stereocenters. The zero-order valence-electron chi connectivity index (χ0n) is 36.5. The number of hydrogen-bond acceptors (Lipinski definition) is 7. The van der Waals surface area contributed by atoms with E-state index in [0.29, 0.717) is 49.8 Å². The van der Waals surface area contributed by atoms with Crippen LogP contribution in [0.15, 0.2) is 48.8 Å². The molecule has 15 heteroatoms. The second-order valence-corrected chi connectivity index (χ2v) is 17.6. The van der Waals surface area contributed by atoms with Gasteiger partial charge in [0.05, 0.1) is 0 Å². The fourth-order valence-electron chi connectivity index (χ4n) is 8.72. The monoisotopic (exact) mass is 831 g/mol. The molecule has 15 nitrogen and oxygen atoms in total. The lowest BCUT2D eigenvalue weighted by molar-refractivity contribution is -0.671. The Morgan fingerprint density at radius 3 is 1.98 bits per heavy atom. The zero-order chi connectivity index (χ0) is 44.3. The van der Waals surface area contributed by atoms with Crippen LogP contribution in [0, 0.1) is 23.2 Å². The number of amidine groups is 1. The van der Waals surface area contributed by atoms with Crippen LogP contribution in [0.2, 0.25) is 0 Å². The largest absolute Gasteiger partial charge is 0.384 e. The summed E-state index contributed by atoms with van der Waals surface area (Å²) in [7, 11) is 1.85. The molecule has 0 spiro atoms. The Bertz CT molecular complexity index is 1830. The molecular weight excluding hydrogens is 763 g/mol. The number of nitrogens with two attached hydrogens (primary N) is 2. The Kier molecular flexibility index (Phi) is 17.2. The summed E-state index contributed by atoms with van der Waals surface area (Å²) in [4.78, 5) is 87.4. The molecule has 2 aromatic rings. The molecule has 1 aliphatic heterocycles. The quantitative estimate of drug-likeness (QED) is 0.0536. The highest BCUT2D eigenvalue weighted by Gasteiger charge is 2.41. The third-order valence-corrected chi connectivity index (χ3v) is 11.6. The molecular formula is C45H68N9O6+. The number of nitrogens with zero attached hydrogens (tertiary/aromatic N) is 3. The summed E-state index contributed by atoms with van der Waals surface area (Å²) in [5, 5.41) is 16.7. The predicted molar refractivity (Wildman–Crippen MR) is 229 cm³/mol. The van der Waals surface area contributed by atoms with Gasteiger partial charge in [0.1, 0.15) is 43.0 Å². The summed E-state index contributed by atoms with van der Waals surface area (Å²) in [5.41, 5.74) is 13.3. The van der Waals surface area contributed by atoms with Crippen molar-refractivity contribution in [3.8, 4) is 0 Å². The SMILES string of the molecule is CC(C)CC(NC(=O)C(Cc1ccc[n+](C)c1)NC(=O)[C@@H](NC(=O)[C@H](Cc1ccc(C(=N)N)cc1)C(=O)N(C(C)C)C(C)C)C1CCCCC1)C(=O)N1CCC[C@H]1C(N)=O. The van der Waals surface area contributed by atoms with E-state index in [1.165, 1.54) is 4.90 Å². The van der Waals surface area contributed by atoms with Crippen LogP contribution in [0.25, 0.3) is 0 Å². The van der Waals surface area contributed by atoms with Crippen LogP contribution >= 0.6 is 0 Å². The maximum absolute atomic E-state index is 14.7. The standard InChI is InChI=1S/C45H67N9O6/c1-27(2)23-36(45(60)53-22-12-16-37(53)40(48)55)50-42(57)35(25-31-13-11-21-52(7)26-31)49-43(58)38(32-14-9-8-10-15-32)51-41(56)34(44(59)54(28(3)4)29(5)6)24-30-17-19-33(20-18-30)39(46)47/h11,13,17-21,26-29,32,34-38H,8-10,12,14-16,22-25H2,1-7H3,(H7-,46,47,48,49,50,51,55,56,57,58)/p+1/t34-,35?,36?,37-,38-/m0/s1. The second kappa shape index (κ2) is 21.8. The third kappa shape index (κ3) is 12.8. The van der Waals surface area contributed by atoms with E-state index >= 15 is 0 Å². The third-order valence-electron chi connectivity index (χ3n) is 11.6. The average Bonchev–Trinajstić information content (AvgIpc) is 3.69. The summed E-state index contributed by atoms with van der Waals surface area (Å²) in [6.45, 7) is 11.8. The molecule has 328 valence electrons. The molecule has 2 fully saturated rings. The van der Waals surface area contributed by atoms with E-state index in [1.54, 1.807) is 29.2 Å². The van der Waals surface area contributed by atoms with Crippen LogP contribution in [-0.2, 0) is 48.7 Å². The molecule has 1 aromatic heterocycles. The lowest BCUT2D eigenvalue weighted by atomic mass is 9.83. The van der Waals surface area contributed by atoms with E-state index in [0.717, 1.165) is 24.8 Å². The number of pyridine rings is 1. The Hall–Kier alpha value is -5.34. The Morgan fingerprint density at radius 2 is 1.42 bits per heavy atom. The highest BCUT2D eigenvalue weighted by molar-refractivity contribution is 6.03. The number of benzene rings is 1. The first-order valence-corrected chi connectivity index (χ1v) is 21.6. The minimum absolute atomic E-state index is 0.00559. The van der Waals surface area contributed by atoms with Crippen LogP contribution in [0.4, 0.5) is 0 Å². The fourth-order valence-corrected chi connectivity index (χ4v) is 8.72. The first kappa shape index (κ1) is 47.3. The van der Waals surface area contributed by atoms with Crippen LogP contribution in [0.1, 0.15) is 110 Å². The molecule has 1 aliphatic carbocycles. The number of likely N-dealkylation sites (tertiary alicyclic amines) is 1. The molecule has 4 rings (SSSR count). The molecule has 1 aromatic carbocycles. The fraction of sp³-hybridized carbons (Fsp3) is 0.600. The first-order valence-electron chi connectivity index (χ1n) is 21.6. The molecule has 5 atom stereocenters. The molecule has 60 heavy (non-hydrogen) atoms. The van der Waals surface area contributed by atoms with E-state index in [4.69, 9.17) is 16.9 Å². The van der Waals surface area contributed by atoms with Crippen LogP contribution in [0.3, 0.4) is 0 Å². The lowest BCUT2D eigenvalue weighted by Gasteiger charge is -2.35. The van der Waals surface area contributed by atoms with Crippen molar-refractivity contribution >= 4 is 41.3 Å². The van der Waals surface area contributed by atoms with Gasteiger partial charge < -0.3 is 37.2 Å². The summed E-state index contributed by atoms with van der Waals surface area (Å²) >= 11 is 0. The zero-order valence-corrected chi connectivity index (χ0v) is 36.5. The molecule has 2 heterocycles. The number of primary amides is 1. The van der Waals surface area contributed by atoms with E-state index in [1.807, 2.05) is 77.7 Å². The summed E-state index contributed by atoms with van der Waals surface area (Å²) in [6, 6.07) is 6.17. The van der Waals surface area contributed by atoms with Gasteiger partial charge >= 0.3 is 0 Å². The highest BCUT2D eigenvalue weighted by atomic mass is 16.2. The molecule has 0 radical (unpaired) electrons. The number of carbonyl (C=O) groups excluding carboxylic acids is 6. The molecule has 8 N–H and O–H groups in total. The smallest absolute Gasteiger partial charge is 0.245 e. The van der Waals surface area contributed by atoms with E-state index in [-0.39, 0.29) is 48.5 Å². The van der Waals surface area contributed by atoms with Gasteiger partial charge in [-0.25, -0.2) is 4.57 Å². The van der Waals surface area contributed by atoms with Crippen LogP contribution in [-0.4, -0.2) is 93.9 Å². The van der Waals surface area contributed by atoms with Gasteiger partial charge in [0.25, 0.3) is 0 Å². The van der Waals surface area contributed by atoms with Crippen molar-refractivity contribution in [2.75, 3.05) is 6.54 Å². The molecule has 2 aliphatic rings. The van der Waals surface area contributed by atoms with Gasteiger partial charge in [-0.3, -0.25) is 34.2 Å². The van der Waals surface area contributed by atoms with Gasteiger partial charge in [-0.15, -0.1) is 0 Å². The number of carbonyl (C=O) groups is 6. The lowest BCUT2D eigenvalue weighted by Crippen LogP contribution is -2.60. The summed E-state index contributed by atoms with van der Waals surface area (Å²) in [5.74, 6) is -4.63. The van der Waals surface area contributed by atoms with Crippen molar-refractivity contribution in [2.45, 2.75) is 142 Å². The average molecular weight is 831 g/mol. The van der Waals surface area contributed by atoms with Gasteiger partial charge in [0, 0.05) is 42.2 Å². The van der Waals surface area contributed by atoms with Crippen molar-refractivity contribution in [1.82, 2.24) is 25.8 Å². The van der Waals surface area contributed by atoms with E-state index in [9.17, 15) is 28.8 Å². The van der Waals surface area contributed by atoms with Gasteiger partial charge in [0.2, 0.25) is 35.4 Å². The Balaban J connectivity index is 1.68. The second-order valence-electron chi connectivity index (χ2n) is 17.6.